The topological polar surface area (TPSA) is 4.93 Å². The summed E-state index contributed by atoms with van der Waals surface area (Å²) in [6, 6.07) is 27.1. The molecule has 0 saturated heterocycles. The van der Waals surface area contributed by atoms with Crippen molar-refractivity contribution in [2.45, 2.75) is 51.4 Å². The van der Waals surface area contributed by atoms with Crippen molar-refractivity contribution >= 4 is 48.5 Å². The molecule has 1 nitrogen and oxygen atoms in total. The van der Waals surface area contributed by atoms with Gasteiger partial charge in [0.1, 0.15) is 0 Å². The fraction of sp³-hybridized carbons (Fsp3) is 0.267. The Balaban J connectivity index is 1.84. The maximum atomic E-state index is 3.62. The summed E-state index contributed by atoms with van der Waals surface area (Å²) in [7, 11) is 0. The Morgan fingerprint density at radius 2 is 1.34 bits per heavy atom. The molecule has 0 radical (unpaired) electrons. The predicted molar refractivity (Wildman–Crippen MR) is 141 cm³/mol. The van der Waals surface area contributed by atoms with Crippen molar-refractivity contribution in [3.8, 4) is 5.69 Å². The zero-order chi connectivity index (χ0) is 22.3. The van der Waals surface area contributed by atoms with Crippen LogP contribution in [-0.4, -0.2) is 4.57 Å². The smallest absolute Gasteiger partial charge is 0.0619 e. The molecule has 0 aliphatic heterocycles. The van der Waals surface area contributed by atoms with Gasteiger partial charge in [0, 0.05) is 26.3 Å². The van der Waals surface area contributed by atoms with E-state index in [9.17, 15) is 0 Å². The molecule has 1 aromatic heterocycles. The van der Waals surface area contributed by atoms with Gasteiger partial charge >= 0.3 is 0 Å². The second-order valence-electron chi connectivity index (χ2n) is 10.7. The van der Waals surface area contributed by atoms with Crippen LogP contribution in [0.15, 0.2) is 77.3 Å². The van der Waals surface area contributed by atoms with E-state index in [1.807, 2.05) is 0 Å². The lowest BCUT2D eigenvalue weighted by Crippen LogP contribution is -2.33. The molecule has 0 unspecified atom stereocenters. The van der Waals surface area contributed by atoms with Crippen LogP contribution in [0.4, 0.5) is 0 Å². The summed E-state index contributed by atoms with van der Waals surface area (Å²) in [5.41, 5.74) is 7.22. The van der Waals surface area contributed by atoms with Gasteiger partial charge in [0.2, 0.25) is 0 Å². The van der Waals surface area contributed by atoms with Gasteiger partial charge in [-0.05, 0) is 76.6 Å². The second-order valence-corrected chi connectivity index (χ2v) is 11.6. The van der Waals surface area contributed by atoms with E-state index < -0.39 is 0 Å². The van der Waals surface area contributed by atoms with Crippen molar-refractivity contribution in [3.63, 3.8) is 0 Å². The van der Waals surface area contributed by atoms with Gasteiger partial charge in [0.25, 0.3) is 0 Å². The SMILES string of the molecule is CC1(C)CCC(C)(C)c2cc3c(cc21)c1ccc2ccccc2c1n3-c1ccc(Br)cc1. The molecule has 2 heteroatoms. The highest BCUT2D eigenvalue weighted by Gasteiger charge is 2.37. The molecule has 160 valence electrons. The lowest BCUT2D eigenvalue weighted by atomic mass is 9.63. The molecular weight excluding hydrogens is 454 g/mol. The van der Waals surface area contributed by atoms with Crippen molar-refractivity contribution in [3.05, 3.63) is 88.4 Å². The number of nitrogens with zero attached hydrogens (tertiary/aromatic N) is 1. The molecule has 0 amide bonds. The first-order valence-electron chi connectivity index (χ1n) is 11.5. The Bertz CT molecular complexity index is 1520. The monoisotopic (exact) mass is 481 g/mol. The quantitative estimate of drug-likeness (QED) is 0.225. The molecule has 1 aliphatic rings. The molecule has 1 heterocycles. The fourth-order valence-corrected chi connectivity index (χ4v) is 5.96. The van der Waals surface area contributed by atoms with Crippen LogP contribution in [0.1, 0.15) is 51.7 Å². The van der Waals surface area contributed by atoms with Crippen LogP contribution in [0, 0.1) is 0 Å². The zero-order valence-corrected chi connectivity index (χ0v) is 20.8. The number of halogens is 1. The average molecular weight is 482 g/mol. The summed E-state index contributed by atoms with van der Waals surface area (Å²) in [6.07, 6.45) is 2.45. The largest absolute Gasteiger partial charge is 0.309 e. The average Bonchev–Trinajstić information content (AvgIpc) is 3.11. The number of aromatic nitrogens is 1. The maximum absolute atomic E-state index is 3.62. The molecule has 1 aliphatic carbocycles. The van der Waals surface area contributed by atoms with Crippen LogP contribution >= 0.6 is 15.9 Å². The van der Waals surface area contributed by atoms with E-state index >= 15 is 0 Å². The Kier molecular flexibility index (Phi) is 4.21. The highest BCUT2D eigenvalue weighted by atomic mass is 79.9. The van der Waals surface area contributed by atoms with E-state index in [4.69, 9.17) is 0 Å². The van der Waals surface area contributed by atoms with Crippen LogP contribution in [-0.2, 0) is 10.8 Å². The van der Waals surface area contributed by atoms with Crippen molar-refractivity contribution < 1.29 is 0 Å². The van der Waals surface area contributed by atoms with Gasteiger partial charge in [0.15, 0.2) is 0 Å². The first-order valence-corrected chi connectivity index (χ1v) is 12.3. The third-order valence-corrected chi connectivity index (χ3v) is 8.24. The maximum Gasteiger partial charge on any atom is 0.0619 e. The lowest BCUT2D eigenvalue weighted by molar-refractivity contribution is 0.332. The van der Waals surface area contributed by atoms with E-state index in [0.717, 1.165) is 4.47 Å². The highest BCUT2D eigenvalue weighted by molar-refractivity contribution is 9.10. The number of rotatable bonds is 1. The Morgan fingerprint density at radius 1 is 0.688 bits per heavy atom. The highest BCUT2D eigenvalue weighted by Crippen LogP contribution is 2.49. The second kappa shape index (κ2) is 6.71. The Labute approximate surface area is 198 Å². The molecule has 0 spiro atoms. The summed E-state index contributed by atoms with van der Waals surface area (Å²) in [4.78, 5) is 0. The molecule has 32 heavy (non-hydrogen) atoms. The van der Waals surface area contributed by atoms with Crippen molar-refractivity contribution in [1.82, 2.24) is 4.57 Å². The number of fused-ring (bicyclic) bond motifs is 6. The molecule has 0 bridgehead atoms. The summed E-state index contributed by atoms with van der Waals surface area (Å²) >= 11 is 3.62. The molecule has 0 saturated carbocycles. The van der Waals surface area contributed by atoms with Gasteiger partial charge in [-0.15, -0.1) is 0 Å². The van der Waals surface area contributed by atoms with E-state index in [2.05, 4.69) is 121 Å². The van der Waals surface area contributed by atoms with Crippen LogP contribution in [0.25, 0.3) is 38.3 Å². The van der Waals surface area contributed by atoms with E-state index in [0.29, 0.717) is 0 Å². The minimum atomic E-state index is 0.183. The molecule has 6 rings (SSSR count). The first-order chi connectivity index (χ1) is 15.3. The van der Waals surface area contributed by atoms with Gasteiger partial charge in [-0.2, -0.15) is 0 Å². The van der Waals surface area contributed by atoms with Crippen LogP contribution in [0.5, 0.6) is 0 Å². The minimum absolute atomic E-state index is 0.183. The molecule has 0 fully saturated rings. The molecule has 0 atom stereocenters. The van der Waals surface area contributed by atoms with Crippen LogP contribution in [0.3, 0.4) is 0 Å². The predicted octanol–water partition coefficient (Wildman–Crippen LogP) is 9.05. The fourth-order valence-electron chi connectivity index (χ4n) is 5.70. The van der Waals surface area contributed by atoms with Crippen LogP contribution in [0.2, 0.25) is 0 Å². The third kappa shape index (κ3) is 2.82. The lowest BCUT2D eigenvalue weighted by Gasteiger charge is -2.42. The third-order valence-electron chi connectivity index (χ3n) is 7.71. The van der Waals surface area contributed by atoms with E-state index in [-0.39, 0.29) is 10.8 Å². The summed E-state index contributed by atoms with van der Waals surface area (Å²) in [5, 5.41) is 5.29. The first kappa shape index (κ1) is 20.1. The normalized spacial score (nSPS) is 17.2. The van der Waals surface area contributed by atoms with Crippen molar-refractivity contribution in [2.24, 2.45) is 0 Å². The standard InChI is InChI=1S/C30H28BrN/c1-29(2)15-16-30(3,4)26-18-27-24(17-25(26)29)23-14-9-19-7-5-6-8-22(19)28(23)32(27)21-12-10-20(31)11-13-21/h5-14,17-18H,15-16H2,1-4H3. The number of benzene rings is 4. The molecule has 4 aromatic carbocycles. The summed E-state index contributed by atoms with van der Waals surface area (Å²) < 4.78 is 3.59. The van der Waals surface area contributed by atoms with E-state index in [1.165, 1.54) is 62.2 Å². The van der Waals surface area contributed by atoms with Gasteiger partial charge in [-0.25, -0.2) is 0 Å². The summed E-state index contributed by atoms with van der Waals surface area (Å²) in [5.74, 6) is 0. The van der Waals surface area contributed by atoms with Crippen molar-refractivity contribution in [2.75, 3.05) is 0 Å². The molecule has 5 aromatic rings. The van der Waals surface area contributed by atoms with Crippen molar-refractivity contribution in [1.29, 1.82) is 0 Å². The minimum Gasteiger partial charge on any atom is -0.309 e. The van der Waals surface area contributed by atoms with Gasteiger partial charge in [0.05, 0.1) is 11.0 Å². The van der Waals surface area contributed by atoms with Gasteiger partial charge in [-0.1, -0.05) is 80.0 Å². The van der Waals surface area contributed by atoms with E-state index in [1.54, 1.807) is 0 Å². The number of hydrogen-bond acceptors (Lipinski definition) is 0. The van der Waals surface area contributed by atoms with Crippen LogP contribution < -0.4 is 0 Å². The van der Waals surface area contributed by atoms with Gasteiger partial charge in [-0.3, -0.25) is 0 Å². The molecule has 0 N–H and O–H groups in total. The Morgan fingerprint density at radius 3 is 2.06 bits per heavy atom. The summed E-state index contributed by atoms with van der Waals surface area (Å²) in [6.45, 7) is 9.65. The zero-order valence-electron chi connectivity index (χ0n) is 19.2. The molecular formula is C30H28BrN. The van der Waals surface area contributed by atoms with Gasteiger partial charge < -0.3 is 4.57 Å². The number of hydrogen-bond donors (Lipinski definition) is 0. The Hall–Kier alpha value is -2.58.